The predicted octanol–water partition coefficient (Wildman–Crippen LogP) is 2.76. The van der Waals surface area contributed by atoms with Crippen LogP contribution in [-0.2, 0) is 13.0 Å². The summed E-state index contributed by atoms with van der Waals surface area (Å²) in [4.78, 5) is 0. The Morgan fingerprint density at radius 3 is 3.12 bits per heavy atom. The zero-order valence-corrected chi connectivity index (χ0v) is 9.94. The highest BCUT2D eigenvalue weighted by molar-refractivity contribution is 5.34. The van der Waals surface area contributed by atoms with Gasteiger partial charge in [-0.3, -0.25) is 0 Å². The number of nitrogens with zero attached hydrogens (tertiary/aromatic N) is 1. The summed E-state index contributed by atoms with van der Waals surface area (Å²) >= 11 is 0. The lowest BCUT2D eigenvalue weighted by molar-refractivity contribution is 0.385. The van der Waals surface area contributed by atoms with Gasteiger partial charge in [0.2, 0.25) is 0 Å². The molecule has 1 N–H and O–H groups in total. The summed E-state index contributed by atoms with van der Waals surface area (Å²) in [6.07, 6.45) is 2.35. The average Bonchev–Trinajstić information content (AvgIpc) is 2.93. The lowest BCUT2D eigenvalue weighted by Gasteiger charge is -2.12. The Kier molecular flexibility index (Phi) is 2.69. The van der Waals surface area contributed by atoms with Crippen LogP contribution in [0.25, 0.3) is 0 Å². The predicted molar refractivity (Wildman–Crippen MR) is 65.6 cm³/mol. The molecule has 2 aromatic rings. The molecule has 1 aromatic carbocycles. The van der Waals surface area contributed by atoms with Gasteiger partial charge in [-0.05, 0) is 30.9 Å². The third kappa shape index (κ3) is 2.11. The molecule has 0 saturated heterocycles. The van der Waals surface area contributed by atoms with Crippen LogP contribution in [0.4, 0.5) is 0 Å². The molecule has 1 aliphatic carbocycles. The molecule has 1 atom stereocenters. The highest BCUT2D eigenvalue weighted by atomic mass is 16.5. The van der Waals surface area contributed by atoms with Gasteiger partial charge in [0, 0.05) is 18.7 Å². The van der Waals surface area contributed by atoms with E-state index in [1.807, 2.05) is 13.0 Å². The van der Waals surface area contributed by atoms with Crippen LogP contribution in [0.5, 0.6) is 0 Å². The van der Waals surface area contributed by atoms with E-state index in [0.717, 1.165) is 18.0 Å². The molecule has 1 unspecified atom stereocenters. The monoisotopic (exact) mass is 228 g/mol. The van der Waals surface area contributed by atoms with Crippen molar-refractivity contribution in [1.29, 1.82) is 0 Å². The van der Waals surface area contributed by atoms with Crippen LogP contribution in [-0.4, -0.2) is 5.16 Å². The normalized spacial score (nSPS) is 18.3. The van der Waals surface area contributed by atoms with Crippen molar-refractivity contribution in [3.05, 3.63) is 52.9 Å². The summed E-state index contributed by atoms with van der Waals surface area (Å²) in [5, 5.41) is 7.54. The fourth-order valence-electron chi connectivity index (χ4n) is 2.50. The number of hydrogen-bond donors (Lipinski definition) is 1. The molecule has 17 heavy (non-hydrogen) atoms. The van der Waals surface area contributed by atoms with E-state index in [0.29, 0.717) is 6.04 Å². The maximum absolute atomic E-state index is 5.06. The van der Waals surface area contributed by atoms with E-state index in [1.165, 1.54) is 24.0 Å². The third-order valence-electron chi connectivity index (χ3n) is 3.34. The van der Waals surface area contributed by atoms with E-state index in [-0.39, 0.29) is 0 Å². The molecule has 1 aliphatic rings. The number of nitrogens with one attached hydrogen (secondary N) is 1. The second kappa shape index (κ2) is 4.34. The van der Waals surface area contributed by atoms with E-state index in [4.69, 9.17) is 4.52 Å². The summed E-state index contributed by atoms with van der Waals surface area (Å²) in [6.45, 7) is 2.69. The largest absolute Gasteiger partial charge is 0.361 e. The van der Waals surface area contributed by atoms with Crippen molar-refractivity contribution < 1.29 is 4.52 Å². The Hall–Kier alpha value is -1.61. The minimum absolute atomic E-state index is 0.461. The van der Waals surface area contributed by atoms with Crippen molar-refractivity contribution in [1.82, 2.24) is 10.5 Å². The molecular weight excluding hydrogens is 212 g/mol. The highest BCUT2D eigenvalue weighted by Crippen LogP contribution is 2.30. The summed E-state index contributed by atoms with van der Waals surface area (Å²) < 4.78 is 5.06. The first kappa shape index (κ1) is 10.5. The summed E-state index contributed by atoms with van der Waals surface area (Å²) in [5.41, 5.74) is 3.89. The molecule has 0 fully saturated rings. The molecule has 88 valence electrons. The van der Waals surface area contributed by atoms with Crippen molar-refractivity contribution in [3.63, 3.8) is 0 Å². The van der Waals surface area contributed by atoms with Gasteiger partial charge in [-0.25, -0.2) is 0 Å². The highest BCUT2D eigenvalue weighted by Gasteiger charge is 2.21. The number of fused-ring (bicyclic) bond motifs is 1. The van der Waals surface area contributed by atoms with Crippen LogP contribution in [0.2, 0.25) is 0 Å². The van der Waals surface area contributed by atoms with Gasteiger partial charge >= 0.3 is 0 Å². The first-order valence-electron chi connectivity index (χ1n) is 6.06. The van der Waals surface area contributed by atoms with E-state index in [1.54, 1.807) is 0 Å². The van der Waals surface area contributed by atoms with E-state index in [2.05, 4.69) is 34.7 Å². The van der Waals surface area contributed by atoms with Gasteiger partial charge in [-0.15, -0.1) is 0 Å². The van der Waals surface area contributed by atoms with Crippen molar-refractivity contribution in [2.75, 3.05) is 0 Å². The average molecular weight is 228 g/mol. The maximum atomic E-state index is 5.06. The summed E-state index contributed by atoms with van der Waals surface area (Å²) in [5.74, 6) is 0.869. The zero-order chi connectivity index (χ0) is 11.7. The maximum Gasteiger partial charge on any atom is 0.133 e. The number of benzene rings is 1. The Balaban J connectivity index is 1.68. The lowest BCUT2D eigenvalue weighted by atomic mass is 10.1. The molecule has 1 aromatic heterocycles. The van der Waals surface area contributed by atoms with Crippen LogP contribution in [0, 0.1) is 6.92 Å². The standard InChI is InChI=1S/C14H16N2O/c1-10-8-12(16-17-10)9-15-14-7-6-11-4-2-3-5-13(11)14/h2-5,8,14-15H,6-7,9H2,1H3. The smallest absolute Gasteiger partial charge is 0.133 e. The molecular formula is C14H16N2O. The third-order valence-corrected chi connectivity index (χ3v) is 3.34. The number of rotatable bonds is 3. The first-order chi connectivity index (χ1) is 8.33. The van der Waals surface area contributed by atoms with Gasteiger partial charge in [0.15, 0.2) is 0 Å². The molecule has 0 radical (unpaired) electrons. The van der Waals surface area contributed by atoms with Crippen molar-refractivity contribution in [2.24, 2.45) is 0 Å². The molecule has 3 rings (SSSR count). The van der Waals surface area contributed by atoms with Crippen molar-refractivity contribution in [3.8, 4) is 0 Å². The Labute approximate surface area is 101 Å². The summed E-state index contributed by atoms with van der Waals surface area (Å²) in [7, 11) is 0. The van der Waals surface area contributed by atoms with E-state index < -0.39 is 0 Å². The van der Waals surface area contributed by atoms with Crippen LogP contribution in [0.15, 0.2) is 34.9 Å². The van der Waals surface area contributed by atoms with E-state index in [9.17, 15) is 0 Å². The molecule has 3 heteroatoms. The van der Waals surface area contributed by atoms with E-state index >= 15 is 0 Å². The van der Waals surface area contributed by atoms with Gasteiger partial charge in [0.25, 0.3) is 0 Å². The fourth-order valence-corrected chi connectivity index (χ4v) is 2.50. The van der Waals surface area contributed by atoms with Gasteiger partial charge in [-0.2, -0.15) is 0 Å². The molecule has 0 amide bonds. The second-order valence-corrected chi connectivity index (χ2v) is 4.60. The summed E-state index contributed by atoms with van der Waals surface area (Å²) in [6, 6.07) is 11.1. The molecule has 0 aliphatic heterocycles. The van der Waals surface area contributed by atoms with Gasteiger partial charge in [-0.1, -0.05) is 29.4 Å². The molecule has 0 spiro atoms. The van der Waals surface area contributed by atoms with Gasteiger partial charge < -0.3 is 9.84 Å². The van der Waals surface area contributed by atoms with Gasteiger partial charge in [0.05, 0.1) is 5.69 Å². The van der Waals surface area contributed by atoms with Crippen LogP contribution < -0.4 is 5.32 Å². The Bertz CT molecular complexity index is 518. The van der Waals surface area contributed by atoms with Gasteiger partial charge in [0.1, 0.15) is 5.76 Å². The van der Waals surface area contributed by atoms with Crippen LogP contribution in [0.3, 0.4) is 0 Å². The zero-order valence-electron chi connectivity index (χ0n) is 9.94. The minimum Gasteiger partial charge on any atom is -0.361 e. The topological polar surface area (TPSA) is 38.1 Å². The Morgan fingerprint density at radius 1 is 1.41 bits per heavy atom. The first-order valence-corrected chi connectivity index (χ1v) is 6.06. The molecule has 0 saturated carbocycles. The number of aromatic nitrogens is 1. The molecule has 3 nitrogen and oxygen atoms in total. The number of aryl methyl sites for hydroxylation is 2. The second-order valence-electron chi connectivity index (χ2n) is 4.60. The SMILES string of the molecule is Cc1cc(CNC2CCc3ccccc32)no1. The number of hydrogen-bond acceptors (Lipinski definition) is 3. The lowest BCUT2D eigenvalue weighted by Crippen LogP contribution is -2.18. The molecule has 1 heterocycles. The van der Waals surface area contributed by atoms with Crippen LogP contribution >= 0.6 is 0 Å². The van der Waals surface area contributed by atoms with Crippen molar-refractivity contribution >= 4 is 0 Å². The fraction of sp³-hybridized carbons (Fsp3) is 0.357. The molecule has 0 bridgehead atoms. The quantitative estimate of drug-likeness (QED) is 0.877. The Morgan fingerprint density at radius 2 is 2.29 bits per heavy atom. The van der Waals surface area contributed by atoms with Crippen LogP contribution in [0.1, 0.15) is 35.0 Å². The minimum atomic E-state index is 0.461. The van der Waals surface area contributed by atoms with Crippen molar-refractivity contribution in [2.45, 2.75) is 32.4 Å².